The molecule has 0 bridgehead atoms. The van der Waals surface area contributed by atoms with Crippen molar-refractivity contribution in [2.75, 3.05) is 11.9 Å². The average Bonchev–Trinajstić information content (AvgIpc) is 2.80. The lowest BCUT2D eigenvalue weighted by molar-refractivity contribution is 0.0697. The third-order valence-electron chi connectivity index (χ3n) is 5.69. The van der Waals surface area contributed by atoms with Gasteiger partial charge in [0.2, 0.25) is 0 Å². The summed E-state index contributed by atoms with van der Waals surface area (Å²) >= 11 is 0. The molecule has 2 rings (SSSR count). The highest BCUT2D eigenvalue weighted by Gasteiger charge is 2.47. The Morgan fingerprint density at radius 2 is 2.00 bits per heavy atom. The van der Waals surface area contributed by atoms with E-state index in [1.165, 1.54) is 18.4 Å². The SMILES string of the molecule is C=C/C=C/C1(C)C(C(CCC)CCC)c2ccc(C(=O)O)cc2N1C. The molecule has 0 fully saturated rings. The number of rotatable bonds is 8. The van der Waals surface area contributed by atoms with Crippen molar-refractivity contribution in [3.63, 3.8) is 0 Å². The summed E-state index contributed by atoms with van der Waals surface area (Å²) in [6.45, 7) is 10.6. The van der Waals surface area contributed by atoms with E-state index < -0.39 is 5.97 Å². The number of carboxylic acids is 1. The number of benzene rings is 1. The summed E-state index contributed by atoms with van der Waals surface area (Å²) in [5.41, 5.74) is 2.49. The highest BCUT2D eigenvalue weighted by atomic mass is 16.4. The lowest BCUT2D eigenvalue weighted by Crippen LogP contribution is -2.44. The maximum absolute atomic E-state index is 11.4. The Labute approximate surface area is 152 Å². The fourth-order valence-electron chi connectivity index (χ4n) is 4.44. The van der Waals surface area contributed by atoms with Gasteiger partial charge in [-0.3, -0.25) is 0 Å². The maximum atomic E-state index is 11.4. The molecule has 136 valence electrons. The van der Waals surface area contributed by atoms with E-state index in [-0.39, 0.29) is 5.54 Å². The Balaban J connectivity index is 2.61. The van der Waals surface area contributed by atoms with E-state index in [1.807, 2.05) is 24.3 Å². The fraction of sp³-hybridized carbons (Fsp3) is 0.500. The first-order valence-electron chi connectivity index (χ1n) is 9.32. The molecule has 0 aromatic heterocycles. The molecule has 0 saturated carbocycles. The molecule has 0 amide bonds. The van der Waals surface area contributed by atoms with Crippen molar-refractivity contribution in [1.82, 2.24) is 0 Å². The van der Waals surface area contributed by atoms with Crippen molar-refractivity contribution in [1.29, 1.82) is 0 Å². The van der Waals surface area contributed by atoms with Crippen LogP contribution in [-0.4, -0.2) is 23.7 Å². The van der Waals surface area contributed by atoms with Crippen molar-refractivity contribution in [3.05, 3.63) is 54.1 Å². The molecule has 1 heterocycles. The second-order valence-corrected chi connectivity index (χ2v) is 7.27. The maximum Gasteiger partial charge on any atom is 0.335 e. The predicted octanol–water partition coefficient (Wildman–Crippen LogP) is 5.64. The van der Waals surface area contributed by atoms with E-state index in [0.29, 0.717) is 17.4 Å². The molecule has 1 aliphatic rings. The largest absolute Gasteiger partial charge is 0.478 e. The lowest BCUT2D eigenvalue weighted by atomic mass is 9.71. The minimum atomic E-state index is -0.873. The zero-order chi connectivity index (χ0) is 18.6. The molecule has 1 aromatic carbocycles. The Kier molecular flexibility index (Phi) is 6.10. The number of hydrogen-bond acceptors (Lipinski definition) is 2. The Morgan fingerprint density at radius 1 is 1.36 bits per heavy atom. The van der Waals surface area contributed by atoms with Gasteiger partial charge in [-0.25, -0.2) is 4.79 Å². The molecule has 0 saturated heterocycles. The van der Waals surface area contributed by atoms with Gasteiger partial charge >= 0.3 is 5.97 Å². The van der Waals surface area contributed by atoms with Crippen LogP contribution in [0.2, 0.25) is 0 Å². The number of fused-ring (bicyclic) bond motifs is 1. The van der Waals surface area contributed by atoms with Crippen molar-refractivity contribution < 1.29 is 9.90 Å². The minimum absolute atomic E-state index is 0.178. The van der Waals surface area contributed by atoms with Crippen LogP contribution in [0.3, 0.4) is 0 Å². The summed E-state index contributed by atoms with van der Waals surface area (Å²) in [7, 11) is 2.08. The Morgan fingerprint density at radius 3 is 2.52 bits per heavy atom. The van der Waals surface area contributed by atoms with Crippen LogP contribution in [0, 0.1) is 5.92 Å². The first-order valence-corrected chi connectivity index (χ1v) is 9.32. The quantitative estimate of drug-likeness (QED) is 0.622. The van der Waals surface area contributed by atoms with E-state index in [4.69, 9.17) is 0 Å². The number of anilines is 1. The first kappa shape index (κ1) is 19.3. The summed E-state index contributed by atoms with van der Waals surface area (Å²) in [6.07, 6.45) is 10.7. The summed E-state index contributed by atoms with van der Waals surface area (Å²) in [5, 5.41) is 9.37. The van der Waals surface area contributed by atoms with Gasteiger partial charge in [-0.2, -0.15) is 0 Å². The Bertz CT molecular complexity index is 658. The van der Waals surface area contributed by atoms with Gasteiger partial charge in [0.25, 0.3) is 0 Å². The summed E-state index contributed by atoms with van der Waals surface area (Å²) in [5.74, 6) is 0.0574. The number of aromatic carboxylic acids is 1. The molecule has 3 nitrogen and oxygen atoms in total. The molecule has 1 aliphatic heterocycles. The molecular weight excluding hydrogens is 310 g/mol. The van der Waals surface area contributed by atoms with Crippen LogP contribution in [0.15, 0.2) is 43.0 Å². The van der Waals surface area contributed by atoms with E-state index in [2.05, 4.69) is 45.4 Å². The third kappa shape index (κ3) is 3.51. The highest BCUT2D eigenvalue weighted by Crippen LogP contribution is 2.53. The van der Waals surface area contributed by atoms with Crippen molar-refractivity contribution in [2.24, 2.45) is 5.92 Å². The fourth-order valence-corrected chi connectivity index (χ4v) is 4.44. The van der Waals surface area contributed by atoms with E-state index in [0.717, 1.165) is 18.5 Å². The minimum Gasteiger partial charge on any atom is -0.478 e. The summed E-state index contributed by atoms with van der Waals surface area (Å²) in [4.78, 5) is 13.7. The first-order chi connectivity index (χ1) is 11.9. The second-order valence-electron chi connectivity index (χ2n) is 7.27. The molecule has 0 aliphatic carbocycles. The van der Waals surface area contributed by atoms with E-state index in [9.17, 15) is 9.90 Å². The molecule has 2 atom stereocenters. The summed E-state index contributed by atoms with van der Waals surface area (Å²) in [6, 6.07) is 5.61. The number of carboxylic acid groups (broad SMARTS) is 1. The lowest BCUT2D eigenvalue weighted by Gasteiger charge is -2.40. The molecule has 1 N–H and O–H groups in total. The summed E-state index contributed by atoms with van der Waals surface area (Å²) < 4.78 is 0. The van der Waals surface area contributed by atoms with Gasteiger partial charge < -0.3 is 10.0 Å². The van der Waals surface area contributed by atoms with Gasteiger partial charge in [0.15, 0.2) is 0 Å². The number of hydrogen-bond donors (Lipinski definition) is 1. The average molecular weight is 341 g/mol. The predicted molar refractivity (Wildman–Crippen MR) is 106 cm³/mol. The van der Waals surface area contributed by atoms with Crippen LogP contribution >= 0.6 is 0 Å². The van der Waals surface area contributed by atoms with Gasteiger partial charge in [0.05, 0.1) is 11.1 Å². The third-order valence-corrected chi connectivity index (χ3v) is 5.69. The molecule has 0 spiro atoms. The van der Waals surface area contributed by atoms with Crippen molar-refractivity contribution in [3.8, 4) is 0 Å². The second kappa shape index (κ2) is 7.90. The normalized spacial score (nSPS) is 22.6. The monoisotopic (exact) mass is 341 g/mol. The number of nitrogens with zero attached hydrogens (tertiary/aromatic N) is 1. The highest BCUT2D eigenvalue weighted by molar-refractivity contribution is 5.90. The van der Waals surface area contributed by atoms with Crippen LogP contribution in [-0.2, 0) is 0 Å². The zero-order valence-electron chi connectivity index (χ0n) is 16.0. The van der Waals surface area contributed by atoms with Gasteiger partial charge in [0.1, 0.15) is 0 Å². The standard InChI is InChI=1S/C22H31NO2/c1-6-9-14-22(4)20(16(10-7-2)11-8-3)18-13-12-17(21(24)25)15-19(18)23(22)5/h6,9,12-16,20H,1,7-8,10-11H2,2-5H3,(H,24,25)/b14-9+. The molecule has 1 aromatic rings. The van der Waals surface area contributed by atoms with Gasteiger partial charge in [-0.05, 0) is 30.5 Å². The number of allylic oxidation sites excluding steroid dienone is 2. The van der Waals surface area contributed by atoms with Crippen LogP contribution < -0.4 is 4.90 Å². The molecule has 2 unspecified atom stereocenters. The van der Waals surface area contributed by atoms with Gasteiger partial charge in [-0.1, -0.05) is 70.4 Å². The number of carbonyl (C=O) groups is 1. The van der Waals surface area contributed by atoms with Gasteiger partial charge in [0, 0.05) is 18.7 Å². The van der Waals surface area contributed by atoms with Gasteiger partial charge in [-0.15, -0.1) is 0 Å². The van der Waals surface area contributed by atoms with Crippen LogP contribution in [0.25, 0.3) is 0 Å². The van der Waals surface area contributed by atoms with Crippen LogP contribution in [0.4, 0.5) is 5.69 Å². The Hall–Kier alpha value is -2.03. The van der Waals surface area contributed by atoms with Crippen molar-refractivity contribution >= 4 is 11.7 Å². The number of likely N-dealkylation sites (N-methyl/N-ethyl adjacent to an activating group) is 1. The molecular formula is C22H31NO2. The smallest absolute Gasteiger partial charge is 0.335 e. The molecule has 0 radical (unpaired) electrons. The molecule has 25 heavy (non-hydrogen) atoms. The van der Waals surface area contributed by atoms with E-state index >= 15 is 0 Å². The van der Waals surface area contributed by atoms with Crippen LogP contribution in [0.5, 0.6) is 0 Å². The van der Waals surface area contributed by atoms with Crippen molar-refractivity contribution in [2.45, 2.75) is 57.9 Å². The van der Waals surface area contributed by atoms with Crippen LogP contribution in [0.1, 0.15) is 68.3 Å². The topological polar surface area (TPSA) is 40.5 Å². The van der Waals surface area contributed by atoms with E-state index in [1.54, 1.807) is 6.07 Å². The molecule has 3 heteroatoms. The zero-order valence-corrected chi connectivity index (χ0v) is 16.0.